The summed E-state index contributed by atoms with van der Waals surface area (Å²) < 4.78 is 11.3. The van der Waals surface area contributed by atoms with Gasteiger partial charge >= 0.3 is 0 Å². The normalized spacial score (nSPS) is 10.7. The maximum Gasteiger partial charge on any atom is 0.139 e. The third kappa shape index (κ3) is 5.76. The minimum Gasteiger partial charge on any atom is -0.491 e. The highest BCUT2D eigenvalue weighted by atomic mass is 79.9. The first-order chi connectivity index (χ1) is 8.65. The molecule has 1 aromatic carbocycles. The molecule has 0 heterocycles. The Kier molecular flexibility index (Phi) is 8.02. The first-order valence-corrected chi connectivity index (χ1v) is 7.17. The van der Waals surface area contributed by atoms with Crippen LogP contribution < -0.4 is 10.1 Å². The van der Waals surface area contributed by atoms with E-state index in [0.29, 0.717) is 22.4 Å². The smallest absolute Gasteiger partial charge is 0.139 e. The van der Waals surface area contributed by atoms with Crippen LogP contribution in [0.5, 0.6) is 5.75 Å². The summed E-state index contributed by atoms with van der Waals surface area (Å²) in [5.41, 5.74) is 0. The van der Waals surface area contributed by atoms with Crippen LogP contribution in [0.2, 0.25) is 10.0 Å². The molecule has 3 nitrogen and oxygen atoms in total. The van der Waals surface area contributed by atoms with Gasteiger partial charge in [0.15, 0.2) is 0 Å². The Bertz CT molecular complexity index is 377. The number of hydrogen-bond acceptors (Lipinski definition) is 3. The van der Waals surface area contributed by atoms with Crippen molar-refractivity contribution in [1.29, 1.82) is 0 Å². The molecule has 0 aromatic heterocycles. The van der Waals surface area contributed by atoms with Crippen molar-refractivity contribution in [2.75, 3.05) is 33.4 Å². The van der Waals surface area contributed by atoms with E-state index in [1.807, 2.05) is 0 Å². The van der Waals surface area contributed by atoms with Crippen molar-refractivity contribution in [2.24, 2.45) is 0 Å². The number of hydrogen-bond donors (Lipinski definition) is 1. The van der Waals surface area contributed by atoms with Crippen molar-refractivity contribution >= 4 is 39.1 Å². The van der Waals surface area contributed by atoms with E-state index in [1.165, 1.54) is 0 Å². The van der Waals surface area contributed by atoms with Crippen molar-refractivity contribution in [3.8, 4) is 5.75 Å². The van der Waals surface area contributed by atoms with Crippen LogP contribution >= 0.6 is 39.1 Å². The summed E-state index contributed by atoms with van der Waals surface area (Å²) in [4.78, 5) is 0. The molecule has 0 saturated carbocycles. The Morgan fingerprint density at radius 1 is 1.17 bits per heavy atom. The highest BCUT2D eigenvalue weighted by Crippen LogP contribution is 2.33. The maximum absolute atomic E-state index is 6.03. The molecule has 6 heteroatoms. The molecular formula is C12H16BrCl2NO2. The Hall–Kier alpha value is -0.0000000000000000555. The van der Waals surface area contributed by atoms with Gasteiger partial charge in [-0.25, -0.2) is 0 Å². The van der Waals surface area contributed by atoms with Gasteiger partial charge in [0.25, 0.3) is 0 Å². The molecule has 1 N–H and O–H groups in total. The molecule has 0 saturated heterocycles. The molecule has 0 bridgehead atoms. The van der Waals surface area contributed by atoms with Crippen LogP contribution in [0.25, 0.3) is 0 Å². The van der Waals surface area contributed by atoms with Gasteiger partial charge in [-0.15, -0.1) is 0 Å². The van der Waals surface area contributed by atoms with Crippen LogP contribution in [0.3, 0.4) is 0 Å². The van der Waals surface area contributed by atoms with Crippen molar-refractivity contribution in [3.63, 3.8) is 0 Å². The van der Waals surface area contributed by atoms with Gasteiger partial charge in [0, 0.05) is 30.8 Å². The quantitative estimate of drug-likeness (QED) is 0.568. The maximum atomic E-state index is 6.03. The monoisotopic (exact) mass is 355 g/mol. The second kappa shape index (κ2) is 8.99. The van der Waals surface area contributed by atoms with Crippen LogP contribution in [0, 0.1) is 0 Å². The van der Waals surface area contributed by atoms with Crippen molar-refractivity contribution in [3.05, 3.63) is 26.7 Å². The van der Waals surface area contributed by atoms with E-state index in [2.05, 4.69) is 21.2 Å². The molecule has 0 amide bonds. The summed E-state index contributed by atoms with van der Waals surface area (Å²) in [6.07, 6.45) is 0.987. The second-order valence-corrected chi connectivity index (χ2v) is 5.31. The number of benzene rings is 1. The van der Waals surface area contributed by atoms with Gasteiger partial charge in [0.05, 0.1) is 10.0 Å². The van der Waals surface area contributed by atoms with E-state index in [-0.39, 0.29) is 0 Å². The predicted molar refractivity (Wildman–Crippen MR) is 79.0 cm³/mol. The average Bonchev–Trinajstić information content (AvgIpc) is 2.34. The van der Waals surface area contributed by atoms with Crippen LogP contribution in [0.1, 0.15) is 6.42 Å². The molecule has 0 spiro atoms. The summed E-state index contributed by atoms with van der Waals surface area (Å²) in [5, 5.41) is 4.38. The van der Waals surface area contributed by atoms with E-state index >= 15 is 0 Å². The Morgan fingerprint density at radius 3 is 2.67 bits per heavy atom. The summed E-state index contributed by atoms with van der Waals surface area (Å²) in [6.45, 7) is 2.98. The number of methoxy groups -OCH3 is 1. The summed E-state index contributed by atoms with van der Waals surface area (Å²) in [6, 6.07) is 3.43. The molecule has 1 aromatic rings. The topological polar surface area (TPSA) is 30.5 Å². The Balaban J connectivity index is 2.25. The molecular weight excluding hydrogens is 341 g/mol. The molecule has 0 radical (unpaired) electrons. The molecule has 18 heavy (non-hydrogen) atoms. The molecule has 0 aliphatic rings. The van der Waals surface area contributed by atoms with Gasteiger partial charge in [-0.2, -0.15) is 0 Å². The van der Waals surface area contributed by atoms with Gasteiger partial charge in [-0.05, 0) is 35.0 Å². The highest BCUT2D eigenvalue weighted by Gasteiger charge is 2.06. The molecule has 0 fully saturated rings. The zero-order valence-electron chi connectivity index (χ0n) is 10.1. The SMILES string of the molecule is COCCCNCCOc1cc(Cl)c(Br)cc1Cl. The molecule has 0 atom stereocenters. The standard InChI is InChI=1S/C12H16BrCl2NO2/c1-17-5-2-3-16-4-6-18-12-8-10(14)9(13)7-11(12)15/h7-8,16H,2-6H2,1H3. The zero-order valence-corrected chi connectivity index (χ0v) is 13.2. The van der Waals surface area contributed by atoms with Gasteiger partial charge in [-0.1, -0.05) is 23.2 Å². The Labute approximate surface area is 126 Å². The van der Waals surface area contributed by atoms with Gasteiger partial charge in [0.2, 0.25) is 0 Å². The lowest BCUT2D eigenvalue weighted by Crippen LogP contribution is -2.22. The van der Waals surface area contributed by atoms with Crippen molar-refractivity contribution in [2.45, 2.75) is 6.42 Å². The van der Waals surface area contributed by atoms with Gasteiger partial charge in [0.1, 0.15) is 12.4 Å². The minimum absolute atomic E-state index is 0.546. The van der Waals surface area contributed by atoms with Crippen LogP contribution in [0.15, 0.2) is 16.6 Å². The third-order valence-corrected chi connectivity index (χ3v) is 3.71. The van der Waals surface area contributed by atoms with E-state index in [1.54, 1.807) is 19.2 Å². The van der Waals surface area contributed by atoms with E-state index < -0.39 is 0 Å². The molecule has 102 valence electrons. The molecule has 0 aliphatic heterocycles. The summed E-state index contributed by atoms with van der Waals surface area (Å²) >= 11 is 15.3. The minimum atomic E-state index is 0.546. The zero-order chi connectivity index (χ0) is 13.4. The third-order valence-electron chi connectivity index (χ3n) is 2.21. The van der Waals surface area contributed by atoms with Gasteiger partial charge in [-0.3, -0.25) is 0 Å². The first kappa shape index (κ1) is 16.1. The van der Waals surface area contributed by atoms with E-state index in [9.17, 15) is 0 Å². The molecule has 0 aliphatic carbocycles. The Morgan fingerprint density at radius 2 is 1.94 bits per heavy atom. The fourth-order valence-electron chi connectivity index (χ4n) is 1.31. The average molecular weight is 357 g/mol. The highest BCUT2D eigenvalue weighted by molar-refractivity contribution is 9.10. The summed E-state index contributed by atoms with van der Waals surface area (Å²) in [5.74, 6) is 0.601. The number of rotatable bonds is 8. The lowest BCUT2D eigenvalue weighted by Gasteiger charge is -2.10. The fourth-order valence-corrected chi connectivity index (χ4v) is 2.16. The van der Waals surface area contributed by atoms with Crippen molar-refractivity contribution < 1.29 is 9.47 Å². The largest absolute Gasteiger partial charge is 0.491 e. The lowest BCUT2D eigenvalue weighted by molar-refractivity contribution is 0.193. The lowest BCUT2D eigenvalue weighted by atomic mass is 10.3. The van der Waals surface area contributed by atoms with E-state index in [4.69, 9.17) is 32.7 Å². The number of ether oxygens (including phenoxy) is 2. The van der Waals surface area contributed by atoms with Crippen LogP contribution in [0.4, 0.5) is 0 Å². The number of halogens is 3. The number of nitrogens with one attached hydrogen (secondary N) is 1. The molecule has 1 rings (SSSR count). The van der Waals surface area contributed by atoms with Crippen LogP contribution in [-0.2, 0) is 4.74 Å². The summed E-state index contributed by atoms with van der Waals surface area (Å²) in [7, 11) is 1.70. The molecule has 0 unspecified atom stereocenters. The second-order valence-electron chi connectivity index (χ2n) is 3.64. The first-order valence-electron chi connectivity index (χ1n) is 5.62. The van der Waals surface area contributed by atoms with Gasteiger partial charge < -0.3 is 14.8 Å². The van der Waals surface area contributed by atoms with Crippen LogP contribution in [-0.4, -0.2) is 33.4 Å². The van der Waals surface area contributed by atoms with E-state index in [0.717, 1.165) is 30.6 Å². The van der Waals surface area contributed by atoms with Crippen molar-refractivity contribution in [1.82, 2.24) is 5.32 Å². The predicted octanol–water partition coefficient (Wildman–Crippen LogP) is 3.76. The fraction of sp³-hybridized carbons (Fsp3) is 0.500.